The van der Waals surface area contributed by atoms with E-state index in [1.165, 1.54) is 0 Å². The highest BCUT2D eigenvalue weighted by atomic mass is 35.5. The van der Waals surface area contributed by atoms with Crippen molar-refractivity contribution in [2.75, 3.05) is 7.11 Å². The van der Waals surface area contributed by atoms with Crippen LogP contribution in [0.25, 0.3) is 0 Å². The van der Waals surface area contributed by atoms with Crippen LogP contribution in [0.3, 0.4) is 0 Å². The summed E-state index contributed by atoms with van der Waals surface area (Å²) in [5.41, 5.74) is 1.55. The molecule has 0 aliphatic rings. The van der Waals surface area contributed by atoms with Gasteiger partial charge in [0.15, 0.2) is 0 Å². The number of hydrogen-bond donors (Lipinski definition) is 0. The number of ether oxygens (including phenoxy) is 1. The number of methoxy groups -OCH3 is 1. The first-order chi connectivity index (χ1) is 6.19. The van der Waals surface area contributed by atoms with Crippen molar-refractivity contribution in [2.24, 2.45) is 4.99 Å². The van der Waals surface area contributed by atoms with Crippen molar-refractivity contribution in [3.05, 3.63) is 22.7 Å². The van der Waals surface area contributed by atoms with E-state index in [1.807, 2.05) is 13.0 Å². The van der Waals surface area contributed by atoms with Crippen LogP contribution in [0.15, 0.2) is 17.1 Å². The van der Waals surface area contributed by atoms with Crippen LogP contribution in [0.2, 0.25) is 5.02 Å². The Hall–Kier alpha value is -0.890. The van der Waals surface area contributed by atoms with Crippen LogP contribution in [0, 0.1) is 6.92 Å². The molecule has 0 spiro atoms. The Balaban J connectivity index is 3.32. The monoisotopic (exact) mass is 213 g/mol. The Morgan fingerprint density at radius 2 is 2.23 bits per heavy atom. The molecule has 0 aliphatic carbocycles. The molecular formula is C9H8ClNOS. The molecule has 0 amide bonds. The van der Waals surface area contributed by atoms with Crippen LogP contribution in [0.5, 0.6) is 5.75 Å². The van der Waals surface area contributed by atoms with Crippen LogP contribution in [0.1, 0.15) is 5.56 Å². The molecule has 1 aromatic carbocycles. The fourth-order valence-electron chi connectivity index (χ4n) is 0.945. The summed E-state index contributed by atoms with van der Waals surface area (Å²) < 4.78 is 5.10. The van der Waals surface area contributed by atoms with Gasteiger partial charge in [0.1, 0.15) is 11.4 Å². The third-order valence-corrected chi connectivity index (χ3v) is 2.12. The van der Waals surface area contributed by atoms with Crippen LogP contribution in [0.4, 0.5) is 5.69 Å². The minimum absolute atomic E-state index is 0.605. The van der Waals surface area contributed by atoms with Gasteiger partial charge in [-0.25, -0.2) is 0 Å². The molecule has 0 fully saturated rings. The zero-order valence-electron chi connectivity index (χ0n) is 7.30. The number of isothiocyanates is 1. The third-order valence-electron chi connectivity index (χ3n) is 1.63. The molecule has 0 saturated carbocycles. The van der Waals surface area contributed by atoms with Crippen molar-refractivity contribution in [2.45, 2.75) is 6.92 Å². The highest BCUT2D eigenvalue weighted by Gasteiger charge is 2.04. The molecule has 2 nitrogen and oxygen atoms in total. The third kappa shape index (κ3) is 2.28. The number of benzene rings is 1. The number of hydrogen-bond acceptors (Lipinski definition) is 3. The SMILES string of the molecule is COc1cc(C)c(Cl)cc1N=C=S. The standard InChI is InChI=1S/C9H8ClNOS/c1-6-3-9(12-2)8(11-5-13)4-7(6)10/h3-4H,1-2H3. The lowest BCUT2D eigenvalue weighted by molar-refractivity contribution is 0.416. The van der Waals surface area contributed by atoms with E-state index in [0.717, 1.165) is 5.56 Å². The zero-order chi connectivity index (χ0) is 9.84. The Morgan fingerprint density at radius 3 is 2.77 bits per heavy atom. The number of nitrogens with zero attached hydrogens (tertiary/aromatic N) is 1. The smallest absolute Gasteiger partial charge is 0.145 e. The summed E-state index contributed by atoms with van der Waals surface area (Å²) in [5.74, 6) is 0.652. The summed E-state index contributed by atoms with van der Waals surface area (Å²) in [7, 11) is 1.57. The molecule has 0 aromatic heterocycles. The van der Waals surface area contributed by atoms with Crippen LogP contribution in [-0.2, 0) is 0 Å². The van der Waals surface area contributed by atoms with Crippen LogP contribution >= 0.6 is 23.8 Å². The highest BCUT2D eigenvalue weighted by Crippen LogP contribution is 2.32. The first-order valence-corrected chi connectivity index (χ1v) is 4.39. The van der Waals surface area contributed by atoms with E-state index >= 15 is 0 Å². The second-order valence-electron chi connectivity index (χ2n) is 2.48. The number of rotatable bonds is 2. The Labute approximate surface area is 87.2 Å². The van der Waals surface area contributed by atoms with Gasteiger partial charge in [0, 0.05) is 5.02 Å². The van der Waals surface area contributed by atoms with E-state index in [1.54, 1.807) is 13.2 Å². The van der Waals surface area contributed by atoms with Gasteiger partial charge < -0.3 is 4.74 Å². The number of aryl methyl sites for hydroxylation is 1. The molecule has 68 valence electrons. The van der Waals surface area contributed by atoms with Crippen molar-refractivity contribution in [1.29, 1.82) is 0 Å². The average molecular weight is 214 g/mol. The maximum absolute atomic E-state index is 5.90. The normalized spacial score (nSPS) is 9.15. The van der Waals surface area contributed by atoms with Crippen molar-refractivity contribution in [3.63, 3.8) is 0 Å². The molecular weight excluding hydrogens is 206 g/mol. The second kappa shape index (κ2) is 4.38. The zero-order valence-corrected chi connectivity index (χ0v) is 8.87. The van der Waals surface area contributed by atoms with Gasteiger partial charge in [0.2, 0.25) is 0 Å². The second-order valence-corrected chi connectivity index (χ2v) is 3.07. The van der Waals surface area contributed by atoms with Crippen molar-refractivity contribution < 1.29 is 4.74 Å². The quantitative estimate of drug-likeness (QED) is 0.555. The molecule has 0 radical (unpaired) electrons. The lowest BCUT2D eigenvalue weighted by Gasteiger charge is -2.05. The molecule has 4 heteroatoms. The first kappa shape index (κ1) is 10.2. The molecule has 0 unspecified atom stereocenters. The van der Waals surface area contributed by atoms with Crippen molar-refractivity contribution >= 4 is 34.7 Å². The van der Waals surface area contributed by atoms with Crippen LogP contribution < -0.4 is 4.74 Å². The maximum atomic E-state index is 5.90. The summed E-state index contributed by atoms with van der Waals surface area (Å²) in [4.78, 5) is 3.83. The summed E-state index contributed by atoms with van der Waals surface area (Å²) in [6, 6.07) is 3.52. The number of halogens is 1. The van der Waals surface area contributed by atoms with E-state index in [0.29, 0.717) is 16.5 Å². The van der Waals surface area contributed by atoms with Gasteiger partial charge >= 0.3 is 0 Å². The Morgan fingerprint density at radius 1 is 1.54 bits per heavy atom. The van der Waals surface area contributed by atoms with Gasteiger partial charge in [-0.05, 0) is 36.8 Å². The summed E-state index contributed by atoms with van der Waals surface area (Å²) in [5, 5.41) is 2.92. The van der Waals surface area contributed by atoms with Crippen molar-refractivity contribution in [3.8, 4) is 5.75 Å². The number of thiocarbonyl (C=S) groups is 1. The fraction of sp³-hybridized carbons (Fsp3) is 0.222. The summed E-state index contributed by atoms with van der Waals surface area (Å²) >= 11 is 10.4. The lowest BCUT2D eigenvalue weighted by Crippen LogP contribution is -1.85. The largest absolute Gasteiger partial charge is 0.494 e. The van der Waals surface area contributed by atoms with Gasteiger partial charge in [-0.3, -0.25) is 0 Å². The Bertz CT molecular complexity index is 372. The van der Waals surface area contributed by atoms with Gasteiger partial charge in [0.25, 0.3) is 0 Å². The maximum Gasteiger partial charge on any atom is 0.145 e. The summed E-state index contributed by atoms with van der Waals surface area (Å²) in [6.07, 6.45) is 0. The molecule has 0 atom stereocenters. The minimum Gasteiger partial charge on any atom is -0.494 e. The van der Waals surface area contributed by atoms with E-state index < -0.39 is 0 Å². The van der Waals surface area contributed by atoms with Crippen molar-refractivity contribution in [1.82, 2.24) is 0 Å². The topological polar surface area (TPSA) is 21.6 Å². The van der Waals surface area contributed by atoms with Crippen LogP contribution in [-0.4, -0.2) is 12.3 Å². The number of aliphatic imine (C=N–C) groups is 1. The van der Waals surface area contributed by atoms with E-state index in [-0.39, 0.29) is 0 Å². The van der Waals surface area contributed by atoms with E-state index in [9.17, 15) is 0 Å². The van der Waals surface area contributed by atoms with Gasteiger partial charge in [0.05, 0.1) is 12.3 Å². The van der Waals surface area contributed by atoms with Gasteiger partial charge in [-0.2, -0.15) is 4.99 Å². The van der Waals surface area contributed by atoms with E-state index in [4.69, 9.17) is 16.3 Å². The fourth-order valence-corrected chi connectivity index (χ4v) is 1.20. The molecule has 1 aromatic rings. The molecule has 0 N–H and O–H groups in total. The molecule has 13 heavy (non-hydrogen) atoms. The Kier molecular flexibility index (Phi) is 3.43. The highest BCUT2D eigenvalue weighted by molar-refractivity contribution is 7.78. The minimum atomic E-state index is 0.605. The van der Waals surface area contributed by atoms with Gasteiger partial charge in [-0.1, -0.05) is 11.6 Å². The summed E-state index contributed by atoms with van der Waals surface area (Å²) in [6.45, 7) is 1.90. The van der Waals surface area contributed by atoms with E-state index in [2.05, 4.69) is 22.4 Å². The lowest BCUT2D eigenvalue weighted by atomic mass is 10.2. The predicted octanol–water partition coefficient (Wildman–Crippen LogP) is 3.39. The molecule has 0 bridgehead atoms. The molecule has 0 heterocycles. The molecule has 1 rings (SSSR count). The molecule has 0 saturated heterocycles. The van der Waals surface area contributed by atoms with Gasteiger partial charge in [-0.15, -0.1) is 0 Å². The first-order valence-electron chi connectivity index (χ1n) is 3.61. The average Bonchev–Trinajstić information content (AvgIpc) is 2.11. The molecule has 0 aliphatic heterocycles. The predicted molar refractivity (Wildman–Crippen MR) is 57.4 cm³/mol.